The summed E-state index contributed by atoms with van der Waals surface area (Å²) in [7, 11) is 0. The smallest absolute Gasteiger partial charge is 0.331 e. The number of ether oxygens (including phenoxy) is 3. The number of esters is 1. The van der Waals surface area contributed by atoms with Crippen molar-refractivity contribution < 1.29 is 19.0 Å². The van der Waals surface area contributed by atoms with Crippen molar-refractivity contribution in [2.75, 3.05) is 13.2 Å². The van der Waals surface area contributed by atoms with Crippen LogP contribution in [0, 0.1) is 22.7 Å². The summed E-state index contributed by atoms with van der Waals surface area (Å²) in [5.74, 6) is 0.299. The average Bonchev–Trinajstić information content (AvgIpc) is 2.70. The Morgan fingerprint density at radius 3 is 2.15 bits per heavy atom. The van der Waals surface area contributed by atoms with Gasteiger partial charge in [0.2, 0.25) is 5.41 Å². The second-order valence-corrected chi connectivity index (χ2v) is 8.29. The van der Waals surface area contributed by atoms with Gasteiger partial charge in [-0.2, -0.15) is 5.26 Å². The Balaban J connectivity index is 1.74. The van der Waals surface area contributed by atoms with E-state index in [1.165, 1.54) is 25.7 Å². The lowest BCUT2D eigenvalue weighted by atomic mass is 9.84. The molecule has 5 heteroatoms. The number of carbonyl (C=O) groups is 1. The van der Waals surface area contributed by atoms with Crippen LogP contribution in [0.4, 0.5) is 0 Å². The van der Waals surface area contributed by atoms with E-state index in [1.54, 1.807) is 0 Å². The molecule has 27 heavy (non-hydrogen) atoms. The topological polar surface area (TPSA) is 68.6 Å². The summed E-state index contributed by atoms with van der Waals surface area (Å²) in [6, 6.07) is 2.11. The lowest BCUT2D eigenvalue weighted by molar-refractivity contribution is -0.228. The average molecular weight is 380 g/mol. The van der Waals surface area contributed by atoms with Gasteiger partial charge < -0.3 is 14.2 Å². The van der Waals surface area contributed by atoms with Gasteiger partial charge in [0.25, 0.3) is 0 Å². The molecule has 1 heterocycles. The van der Waals surface area contributed by atoms with Crippen molar-refractivity contribution in [2.45, 2.75) is 103 Å². The maximum atomic E-state index is 12.7. The highest BCUT2D eigenvalue weighted by atomic mass is 16.7. The highest BCUT2D eigenvalue weighted by Gasteiger charge is 2.46. The molecule has 0 N–H and O–H groups in total. The van der Waals surface area contributed by atoms with Crippen molar-refractivity contribution in [3.05, 3.63) is 0 Å². The van der Waals surface area contributed by atoms with E-state index in [-0.39, 0.29) is 25.6 Å². The van der Waals surface area contributed by atoms with Gasteiger partial charge >= 0.3 is 5.97 Å². The van der Waals surface area contributed by atoms with Gasteiger partial charge in [0.15, 0.2) is 6.29 Å². The van der Waals surface area contributed by atoms with Crippen molar-refractivity contribution in [3.63, 3.8) is 0 Å². The van der Waals surface area contributed by atoms with Crippen molar-refractivity contribution in [1.29, 1.82) is 5.26 Å². The first-order valence-corrected chi connectivity index (χ1v) is 11.0. The number of nitriles is 1. The predicted molar refractivity (Wildman–Crippen MR) is 104 cm³/mol. The molecule has 5 nitrogen and oxygen atoms in total. The molecule has 1 saturated carbocycles. The minimum absolute atomic E-state index is 0.0626. The molecule has 2 aliphatic rings. The molecule has 1 aliphatic carbocycles. The van der Waals surface area contributed by atoms with E-state index in [1.807, 2.05) is 0 Å². The molecule has 2 fully saturated rings. The Labute approximate surface area is 164 Å². The molecule has 0 spiro atoms. The van der Waals surface area contributed by atoms with Gasteiger partial charge in [-0.25, -0.2) is 0 Å². The third-order valence-corrected chi connectivity index (χ3v) is 5.96. The van der Waals surface area contributed by atoms with E-state index in [4.69, 9.17) is 14.2 Å². The van der Waals surface area contributed by atoms with Crippen LogP contribution in [0.1, 0.15) is 90.9 Å². The molecule has 0 radical (unpaired) electrons. The molecule has 1 saturated heterocycles. The van der Waals surface area contributed by atoms with Gasteiger partial charge in [-0.1, -0.05) is 52.4 Å². The van der Waals surface area contributed by atoms with Gasteiger partial charge in [-0.15, -0.1) is 0 Å². The highest BCUT2D eigenvalue weighted by Crippen LogP contribution is 2.33. The molecule has 0 amide bonds. The number of hydrogen-bond donors (Lipinski definition) is 0. The quantitative estimate of drug-likeness (QED) is 0.389. The number of carbonyl (C=O) groups excluding carboxylic acids is 1. The Bertz CT molecular complexity index is 471. The van der Waals surface area contributed by atoms with Crippen LogP contribution in [0.25, 0.3) is 0 Å². The van der Waals surface area contributed by atoms with Crippen molar-refractivity contribution >= 4 is 5.97 Å². The third-order valence-electron chi connectivity index (χ3n) is 5.96. The van der Waals surface area contributed by atoms with Crippen LogP contribution < -0.4 is 0 Å². The first-order valence-electron chi connectivity index (χ1n) is 11.0. The monoisotopic (exact) mass is 379 g/mol. The van der Waals surface area contributed by atoms with E-state index in [2.05, 4.69) is 19.9 Å². The van der Waals surface area contributed by atoms with Gasteiger partial charge in [0.1, 0.15) is 6.10 Å². The molecule has 1 aliphatic heterocycles. The summed E-state index contributed by atoms with van der Waals surface area (Å²) in [4.78, 5) is 12.7. The van der Waals surface area contributed by atoms with Gasteiger partial charge in [0, 0.05) is 0 Å². The lowest BCUT2D eigenvalue weighted by Crippen LogP contribution is -2.48. The van der Waals surface area contributed by atoms with Crippen molar-refractivity contribution in [1.82, 2.24) is 0 Å². The largest absolute Gasteiger partial charge is 0.461 e. The van der Waals surface area contributed by atoms with Crippen LogP contribution in [0.3, 0.4) is 0 Å². The van der Waals surface area contributed by atoms with Gasteiger partial charge in [-0.3, -0.25) is 4.79 Å². The van der Waals surface area contributed by atoms with Gasteiger partial charge in [0.05, 0.1) is 19.3 Å². The Hall–Kier alpha value is -1.12. The van der Waals surface area contributed by atoms with Crippen LogP contribution in [-0.2, 0) is 19.0 Å². The molecule has 0 unspecified atom stereocenters. The fourth-order valence-corrected chi connectivity index (χ4v) is 4.00. The second kappa shape index (κ2) is 11.7. The zero-order valence-electron chi connectivity index (χ0n) is 17.2. The van der Waals surface area contributed by atoms with Crippen LogP contribution in [-0.4, -0.2) is 31.6 Å². The van der Waals surface area contributed by atoms with E-state index in [9.17, 15) is 10.1 Å². The highest BCUT2D eigenvalue weighted by molar-refractivity contribution is 5.80. The number of unbranched alkanes of at least 4 members (excludes halogenated alkanes) is 4. The number of rotatable bonds is 10. The Morgan fingerprint density at radius 1 is 1.00 bits per heavy atom. The third kappa shape index (κ3) is 6.76. The van der Waals surface area contributed by atoms with Crippen molar-refractivity contribution in [2.24, 2.45) is 11.3 Å². The molecule has 0 aromatic heterocycles. The molecular weight excluding hydrogens is 342 g/mol. The maximum Gasteiger partial charge on any atom is 0.331 e. The standard InChI is InChI=1S/C22H37NO4/c1-3-5-7-9-18-11-13-19(14-12-18)27-21(24)22(15-23)16-25-20(26-17-22)10-8-6-4-2/h18-20H,3-14,16-17H2,1-2H3/t18?,19?,20-,22+. The summed E-state index contributed by atoms with van der Waals surface area (Å²) in [6.45, 7) is 4.53. The maximum absolute atomic E-state index is 12.7. The van der Waals surface area contributed by atoms with Crippen LogP contribution in [0.5, 0.6) is 0 Å². The lowest BCUT2D eigenvalue weighted by Gasteiger charge is -2.35. The first kappa shape index (κ1) is 22.2. The van der Waals surface area contributed by atoms with E-state index in [0.29, 0.717) is 0 Å². The SMILES string of the molecule is CCCCCC1CCC(OC(=O)[C@]2(C#N)CO[C@H](CCCCC)OC2)CC1. The summed E-state index contributed by atoms with van der Waals surface area (Å²) < 4.78 is 17.0. The molecule has 2 rings (SSSR count). The number of hydrogen-bond acceptors (Lipinski definition) is 5. The summed E-state index contributed by atoms with van der Waals surface area (Å²) >= 11 is 0. The van der Waals surface area contributed by atoms with Crippen LogP contribution in [0.2, 0.25) is 0 Å². The zero-order valence-corrected chi connectivity index (χ0v) is 17.2. The molecule has 0 aromatic carbocycles. The van der Waals surface area contributed by atoms with E-state index >= 15 is 0 Å². The van der Waals surface area contributed by atoms with Crippen LogP contribution in [0.15, 0.2) is 0 Å². The number of nitrogens with zero attached hydrogens (tertiary/aromatic N) is 1. The fraction of sp³-hybridized carbons (Fsp3) is 0.909. The predicted octanol–water partition coefficient (Wildman–Crippen LogP) is 5.13. The Morgan fingerprint density at radius 2 is 1.59 bits per heavy atom. The van der Waals surface area contributed by atoms with E-state index < -0.39 is 11.4 Å². The molecule has 0 aromatic rings. The molecule has 0 bridgehead atoms. The normalized spacial score (nSPS) is 31.2. The Kier molecular flexibility index (Phi) is 9.58. The van der Waals surface area contributed by atoms with Crippen LogP contribution >= 0.6 is 0 Å². The molecule has 154 valence electrons. The second-order valence-electron chi connectivity index (χ2n) is 8.29. The molecular formula is C22H37NO4. The summed E-state index contributed by atoms with van der Waals surface area (Å²) in [6.07, 6.45) is 13.0. The van der Waals surface area contributed by atoms with Crippen molar-refractivity contribution in [3.8, 4) is 6.07 Å². The summed E-state index contributed by atoms with van der Waals surface area (Å²) in [5, 5.41) is 9.59. The molecule has 0 atom stereocenters. The minimum Gasteiger partial charge on any atom is -0.461 e. The first-order chi connectivity index (χ1) is 13.1. The summed E-state index contributed by atoms with van der Waals surface area (Å²) in [5.41, 5.74) is -1.31. The zero-order chi connectivity index (χ0) is 19.5. The van der Waals surface area contributed by atoms with E-state index in [0.717, 1.165) is 57.3 Å². The van der Waals surface area contributed by atoms with Gasteiger partial charge in [-0.05, 0) is 44.4 Å². The fourth-order valence-electron chi connectivity index (χ4n) is 4.00. The minimum atomic E-state index is -1.31.